The molecule has 5 heteroatoms. The van der Waals surface area contributed by atoms with Crippen molar-refractivity contribution in [2.24, 2.45) is 22.5 Å². The molecule has 1 aliphatic heterocycles. The van der Waals surface area contributed by atoms with Crippen molar-refractivity contribution in [3.8, 4) is 6.07 Å². The molecule has 3 atom stereocenters. The number of amides is 1. The number of hydrogen-bond donors (Lipinski definition) is 2. The summed E-state index contributed by atoms with van der Waals surface area (Å²) in [5.41, 5.74) is 4.62. The highest BCUT2D eigenvalue weighted by Crippen LogP contribution is 2.57. The molecule has 1 heterocycles. The normalized spacial score (nSPS) is 35.4. The van der Waals surface area contributed by atoms with Gasteiger partial charge in [0.1, 0.15) is 5.54 Å². The number of nitrogens with zero attached hydrogens (tertiary/aromatic N) is 1. The van der Waals surface area contributed by atoms with Crippen molar-refractivity contribution >= 4 is 5.91 Å². The molecule has 1 aliphatic carbocycles. The van der Waals surface area contributed by atoms with E-state index < -0.39 is 11.0 Å². The number of carbonyl (C=O) groups is 1. The number of nitriles is 1. The van der Waals surface area contributed by atoms with E-state index in [0.29, 0.717) is 6.54 Å². The Balaban J connectivity index is 2.10. The van der Waals surface area contributed by atoms with Gasteiger partial charge >= 0.3 is 0 Å². The number of hydrogen-bond acceptors (Lipinski definition) is 4. The first-order chi connectivity index (χ1) is 9.17. The van der Waals surface area contributed by atoms with Gasteiger partial charge in [-0.25, -0.2) is 0 Å². The van der Waals surface area contributed by atoms with Gasteiger partial charge in [-0.05, 0) is 26.7 Å². The van der Waals surface area contributed by atoms with Crippen molar-refractivity contribution in [2.75, 3.05) is 13.2 Å². The quantitative estimate of drug-likeness (QED) is 0.812. The summed E-state index contributed by atoms with van der Waals surface area (Å²) in [7, 11) is 0. The van der Waals surface area contributed by atoms with E-state index in [1.165, 1.54) is 0 Å². The van der Waals surface area contributed by atoms with Gasteiger partial charge in [0, 0.05) is 24.5 Å². The second kappa shape index (κ2) is 4.71. The fourth-order valence-corrected chi connectivity index (χ4v) is 3.52. The van der Waals surface area contributed by atoms with Crippen LogP contribution in [0.4, 0.5) is 0 Å². The fraction of sp³-hybridized carbons (Fsp3) is 0.867. The van der Waals surface area contributed by atoms with Crippen LogP contribution in [-0.4, -0.2) is 30.7 Å². The van der Waals surface area contributed by atoms with E-state index in [1.54, 1.807) is 13.8 Å². The maximum Gasteiger partial charge on any atom is 0.241 e. The third-order valence-corrected chi connectivity index (χ3v) is 5.05. The highest BCUT2D eigenvalue weighted by molar-refractivity contribution is 5.89. The van der Waals surface area contributed by atoms with Crippen molar-refractivity contribution in [3.05, 3.63) is 0 Å². The zero-order valence-electron chi connectivity index (χ0n) is 12.8. The molecule has 2 fully saturated rings. The zero-order chi connectivity index (χ0) is 15.2. The zero-order valence-corrected chi connectivity index (χ0v) is 12.8. The van der Waals surface area contributed by atoms with Crippen molar-refractivity contribution in [1.29, 1.82) is 5.26 Å². The predicted octanol–water partition coefficient (Wildman–Crippen LogP) is 1.18. The topological polar surface area (TPSA) is 88.1 Å². The number of fused-ring (bicyclic) bond motifs is 1. The van der Waals surface area contributed by atoms with Crippen LogP contribution in [0.25, 0.3) is 0 Å². The Bertz CT molecular complexity index is 453. The lowest BCUT2D eigenvalue weighted by molar-refractivity contribution is -0.225. The van der Waals surface area contributed by atoms with Crippen LogP contribution >= 0.6 is 0 Å². The smallest absolute Gasteiger partial charge is 0.241 e. The maximum atomic E-state index is 12.6. The lowest BCUT2D eigenvalue weighted by Crippen LogP contribution is -2.82. The Hall–Kier alpha value is -1.12. The number of rotatable bonds is 3. The average Bonchev–Trinajstić information content (AvgIpc) is 2.43. The minimum absolute atomic E-state index is 0.0657. The Morgan fingerprint density at radius 3 is 2.80 bits per heavy atom. The first kappa shape index (κ1) is 15.3. The Morgan fingerprint density at radius 2 is 2.20 bits per heavy atom. The number of carbonyl (C=O) groups excluding carboxylic acids is 1. The summed E-state index contributed by atoms with van der Waals surface area (Å²) < 4.78 is 5.79. The Kier molecular flexibility index (Phi) is 3.60. The summed E-state index contributed by atoms with van der Waals surface area (Å²) in [6.07, 6.45) is 1.95. The molecule has 2 aliphatic rings. The standard InChI is InChI=1S/C15H25N3O2/c1-13(2,8-16)9-18-12(19)15(17)10-6-5-7-20-11(10)14(15,3)4/h10-11H,5-7,9,17H2,1-4H3,(H,18,19). The molecular formula is C15H25N3O2. The molecule has 20 heavy (non-hydrogen) atoms. The molecular weight excluding hydrogens is 254 g/mol. The fourth-order valence-electron chi connectivity index (χ4n) is 3.52. The SMILES string of the molecule is CC(C)(C#N)CNC(=O)C1(N)C2CCCOC2C1(C)C. The molecule has 0 radical (unpaired) electrons. The summed E-state index contributed by atoms with van der Waals surface area (Å²) in [6.45, 7) is 8.66. The van der Waals surface area contributed by atoms with Gasteiger partial charge in [-0.2, -0.15) is 5.26 Å². The molecule has 1 saturated heterocycles. The molecule has 0 aromatic heterocycles. The van der Waals surface area contributed by atoms with E-state index in [0.717, 1.165) is 19.4 Å². The van der Waals surface area contributed by atoms with Crippen molar-refractivity contribution < 1.29 is 9.53 Å². The van der Waals surface area contributed by atoms with E-state index in [4.69, 9.17) is 15.7 Å². The van der Waals surface area contributed by atoms with Crippen LogP contribution in [0.3, 0.4) is 0 Å². The summed E-state index contributed by atoms with van der Waals surface area (Å²) in [6, 6.07) is 2.18. The van der Waals surface area contributed by atoms with E-state index in [1.807, 2.05) is 13.8 Å². The average molecular weight is 279 g/mol. The molecule has 2 rings (SSSR count). The lowest BCUT2D eigenvalue weighted by atomic mass is 9.46. The predicted molar refractivity (Wildman–Crippen MR) is 75.6 cm³/mol. The minimum atomic E-state index is -0.899. The van der Waals surface area contributed by atoms with E-state index in [2.05, 4.69) is 11.4 Å². The molecule has 1 amide bonds. The van der Waals surface area contributed by atoms with Crippen LogP contribution < -0.4 is 11.1 Å². The summed E-state index contributed by atoms with van der Waals surface area (Å²) in [5, 5.41) is 11.9. The van der Waals surface area contributed by atoms with Gasteiger partial charge < -0.3 is 15.8 Å². The number of nitrogens with one attached hydrogen (secondary N) is 1. The molecule has 0 bridgehead atoms. The van der Waals surface area contributed by atoms with Gasteiger partial charge in [-0.3, -0.25) is 4.79 Å². The Morgan fingerprint density at radius 1 is 1.55 bits per heavy atom. The first-order valence-electron chi connectivity index (χ1n) is 7.27. The highest BCUT2D eigenvalue weighted by Gasteiger charge is 2.70. The van der Waals surface area contributed by atoms with Crippen LogP contribution in [0.2, 0.25) is 0 Å². The second-order valence-corrected chi connectivity index (χ2v) is 7.31. The van der Waals surface area contributed by atoms with Crippen LogP contribution in [0.15, 0.2) is 0 Å². The molecule has 1 saturated carbocycles. The van der Waals surface area contributed by atoms with Crippen molar-refractivity contribution in [3.63, 3.8) is 0 Å². The van der Waals surface area contributed by atoms with Crippen LogP contribution in [0.1, 0.15) is 40.5 Å². The Labute approximate surface area is 120 Å². The number of nitrogens with two attached hydrogens (primary N) is 1. The second-order valence-electron chi connectivity index (χ2n) is 7.31. The van der Waals surface area contributed by atoms with Crippen molar-refractivity contribution in [1.82, 2.24) is 5.32 Å². The molecule has 0 aromatic rings. The van der Waals surface area contributed by atoms with E-state index in [-0.39, 0.29) is 23.3 Å². The lowest BCUT2D eigenvalue weighted by Gasteiger charge is -2.65. The van der Waals surface area contributed by atoms with Gasteiger partial charge in [0.15, 0.2) is 0 Å². The molecule has 5 nitrogen and oxygen atoms in total. The first-order valence-corrected chi connectivity index (χ1v) is 7.27. The van der Waals surface area contributed by atoms with Gasteiger partial charge in [0.25, 0.3) is 0 Å². The van der Waals surface area contributed by atoms with E-state index in [9.17, 15) is 4.79 Å². The summed E-state index contributed by atoms with van der Waals surface area (Å²) in [5.74, 6) is -0.0750. The van der Waals surface area contributed by atoms with Crippen LogP contribution in [0.5, 0.6) is 0 Å². The summed E-state index contributed by atoms with van der Waals surface area (Å²) >= 11 is 0. The van der Waals surface area contributed by atoms with Gasteiger partial charge in [0.05, 0.1) is 17.6 Å². The minimum Gasteiger partial charge on any atom is -0.377 e. The van der Waals surface area contributed by atoms with Gasteiger partial charge in [0.2, 0.25) is 5.91 Å². The highest BCUT2D eigenvalue weighted by atomic mass is 16.5. The van der Waals surface area contributed by atoms with Gasteiger partial charge in [-0.1, -0.05) is 13.8 Å². The third kappa shape index (κ3) is 2.02. The van der Waals surface area contributed by atoms with Crippen molar-refractivity contribution in [2.45, 2.75) is 52.2 Å². The van der Waals surface area contributed by atoms with E-state index >= 15 is 0 Å². The maximum absolute atomic E-state index is 12.6. The third-order valence-electron chi connectivity index (χ3n) is 5.05. The number of ether oxygens (including phenoxy) is 1. The largest absolute Gasteiger partial charge is 0.377 e. The molecule has 0 spiro atoms. The molecule has 3 N–H and O–H groups in total. The molecule has 0 aromatic carbocycles. The van der Waals surface area contributed by atoms with Crippen LogP contribution in [0, 0.1) is 28.1 Å². The molecule has 112 valence electrons. The monoisotopic (exact) mass is 279 g/mol. The van der Waals surface area contributed by atoms with Crippen LogP contribution in [-0.2, 0) is 9.53 Å². The van der Waals surface area contributed by atoms with Gasteiger partial charge in [-0.15, -0.1) is 0 Å². The summed E-state index contributed by atoms with van der Waals surface area (Å²) in [4.78, 5) is 12.6. The molecule has 3 unspecified atom stereocenters.